The predicted octanol–water partition coefficient (Wildman–Crippen LogP) is 5.97. The van der Waals surface area contributed by atoms with Gasteiger partial charge in [-0.05, 0) is 29.2 Å². The number of hydrogen-bond donors (Lipinski definition) is 2. The van der Waals surface area contributed by atoms with Crippen LogP contribution in [0.2, 0.25) is 5.02 Å². The summed E-state index contributed by atoms with van der Waals surface area (Å²) in [4.78, 5) is 16.6. The molecule has 0 aliphatic heterocycles. The van der Waals surface area contributed by atoms with Crippen molar-refractivity contribution in [3.05, 3.63) is 70.2 Å². The van der Waals surface area contributed by atoms with Gasteiger partial charge >= 0.3 is 0 Å². The summed E-state index contributed by atoms with van der Waals surface area (Å²) in [5.41, 5.74) is 9.39. The summed E-state index contributed by atoms with van der Waals surface area (Å²) >= 11 is 7.33. The van der Waals surface area contributed by atoms with E-state index < -0.39 is 0 Å². The summed E-state index contributed by atoms with van der Waals surface area (Å²) in [5.74, 6) is 0.577. The van der Waals surface area contributed by atoms with Gasteiger partial charge in [0.1, 0.15) is 28.5 Å². The van der Waals surface area contributed by atoms with Crippen LogP contribution in [0.15, 0.2) is 53.6 Å². The van der Waals surface area contributed by atoms with Crippen LogP contribution in [0, 0.1) is 22.7 Å². The molecular weight excluding hydrogens is 454 g/mol. The number of hydrogen-bond acceptors (Lipinski definition) is 6. The molecule has 6 nitrogen and oxygen atoms in total. The van der Waals surface area contributed by atoms with E-state index >= 15 is 0 Å². The molecule has 1 amide bonds. The molecule has 3 rings (SSSR count). The quantitative estimate of drug-likeness (QED) is 0.406. The van der Waals surface area contributed by atoms with E-state index in [1.54, 1.807) is 24.3 Å². The lowest BCUT2D eigenvalue weighted by Gasteiger charge is -2.14. The summed E-state index contributed by atoms with van der Waals surface area (Å²) in [7, 11) is 0. The van der Waals surface area contributed by atoms with Crippen LogP contribution in [0.3, 0.4) is 0 Å². The van der Waals surface area contributed by atoms with Crippen LogP contribution in [0.1, 0.15) is 42.9 Å². The number of nitriles is 2. The van der Waals surface area contributed by atoms with Crippen molar-refractivity contribution in [3.63, 3.8) is 0 Å². The van der Waals surface area contributed by atoms with Crippen LogP contribution in [0.5, 0.6) is 0 Å². The summed E-state index contributed by atoms with van der Waals surface area (Å²) in [6.07, 6.45) is 0.181. The van der Waals surface area contributed by atoms with Gasteiger partial charge in [-0.25, -0.2) is 4.98 Å². The third kappa shape index (κ3) is 5.64. The highest BCUT2D eigenvalue weighted by Crippen LogP contribution is 2.36. The Kier molecular flexibility index (Phi) is 7.95. The van der Waals surface area contributed by atoms with E-state index in [2.05, 4.69) is 36.3 Å². The average Bonchev–Trinajstić information content (AvgIpc) is 2.80. The van der Waals surface area contributed by atoms with Crippen molar-refractivity contribution in [2.24, 2.45) is 0 Å². The Hall–Kier alpha value is -3.52. The molecule has 33 heavy (non-hydrogen) atoms. The van der Waals surface area contributed by atoms with Crippen molar-refractivity contribution < 1.29 is 4.79 Å². The summed E-state index contributed by atoms with van der Waals surface area (Å²) in [6.45, 7) is 4.19. The normalized spacial score (nSPS) is 10.5. The second-order valence-corrected chi connectivity index (χ2v) is 9.04. The van der Waals surface area contributed by atoms with Gasteiger partial charge in [0, 0.05) is 17.7 Å². The number of aromatic nitrogens is 1. The van der Waals surface area contributed by atoms with E-state index in [4.69, 9.17) is 17.3 Å². The molecule has 1 heterocycles. The number of carbonyl (C=O) groups excluding carboxylic acids is 1. The molecule has 0 aliphatic rings. The highest BCUT2D eigenvalue weighted by molar-refractivity contribution is 7.99. The molecule has 3 N–H and O–H groups in total. The molecule has 0 spiro atoms. The number of nitrogens with two attached hydrogens (primary N) is 1. The smallest absolute Gasteiger partial charge is 0.225 e. The topological polar surface area (TPSA) is 116 Å². The molecular formula is C25H22ClN5OS. The number of pyridine rings is 1. The molecule has 0 saturated carbocycles. The van der Waals surface area contributed by atoms with E-state index in [0.29, 0.717) is 33.0 Å². The van der Waals surface area contributed by atoms with Gasteiger partial charge in [0.15, 0.2) is 0 Å². The number of carbonyl (C=O) groups is 1. The van der Waals surface area contributed by atoms with Crippen LogP contribution in [-0.2, 0) is 4.79 Å². The number of amides is 1. The zero-order chi connectivity index (χ0) is 24.0. The van der Waals surface area contributed by atoms with Crippen molar-refractivity contribution in [2.45, 2.75) is 31.2 Å². The molecule has 2 aromatic carbocycles. The number of rotatable bonds is 7. The van der Waals surface area contributed by atoms with Crippen molar-refractivity contribution >= 4 is 40.8 Å². The molecule has 166 valence electrons. The third-order valence-electron chi connectivity index (χ3n) is 5.00. The Morgan fingerprint density at radius 2 is 1.79 bits per heavy atom. The second-order valence-electron chi connectivity index (χ2n) is 7.55. The van der Waals surface area contributed by atoms with Gasteiger partial charge in [0.25, 0.3) is 0 Å². The van der Waals surface area contributed by atoms with Gasteiger partial charge in [-0.15, -0.1) is 11.8 Å². The highest BCUT2D eigenvalue weighted by atomic mass is 35.5. The first kappa shape index (κ1) is 24.1. The largest absolute Gasteiger partial charge is 0.383 e. The van der Waals surface area contributed by atoms with Crippen LogP contribution in [0.4, 0.5) is 11.5 Å². The van der Waals surface area contributed by atoms with Crippen molar-refractivity contribution in [3.8, 4) is 23.3 Å². The number of nitrogens with zero attached hydrogens (tertiary/aromatic N) is 3. The zero-order valence-electron chi connectivity index (χ0n) is 18.2. The zero-order valence-corrected chi connectivity index (χ0v) is 19.8. The van der Waals surface area contributed by atoms with Crippen molar-refractivity contribution in [1.29, 1.82) is 10.5 Å². The Balaban J connectivity index is 1.84. The number of benzene rings is 2. The number of nitrogen functional groups attached to an aromatic ring is 1. The summed E-state index contributed by atoms with van der Waals surface area (Å²) in [5, 5.41) is 23.2. The van der Waals surface area contributed by atoms with E-state index in [9.17, 15) is 15.3 Å². The maximum absolute atomic E-state index is 12.3. The first-order chi connectivity index (χ1) is 15.8. The maximum atomic E-state index is 12.3. The van der Waals surface area contributed by atoms with Gasteiger partial charge in [-0.2, -0.15) is 10.5 Å². The minimum absolute atomic E-state index is 0.0578. The molecule has 0 saturated heterocycles. The van der Waals surface area contributed by atoms with Gasteiger partial charge < -0.3 is 11.1 Å². The first-order valence-corrected chi connectivity index (χ1v) is 11.6. The van der Waals surface area contributed by atoms with Gasteiger partial charge in [-0.1, -0.05) is 61.8 Å². The Morgan fingerprint density at radius 3 is 2.39 bits per heavy atom. The van der Waals surface area contributed by atoms with Crippen LogP contribution < -0.4 is 11.1 Å². The number of para-hydroxylation sites is 1. The molecule has 1 aromatic heterocycles. The number of nitrogens with one attached hydrogen (secondary N) is 1. The predicted molar refractivity (Wildman–Crippen MR) is 133 cm³/mol. The fourth-order valence-electron chi connectivity index (χ4n) is 3.24. The molecule has 3 aromatic rings. The lowest BCUT2D eigenvalue weighted by molar-refractivity contribution is -0.115. The first-order valence-electron chi connectivity index (χ1n) is 10.3. The van der Waals surface area contributed by atoms with Crippen LogP contribution in [-0.4, -0.2) is 16.6 Å². The monoisotopic (exact) mass is 475 g/mol. The van der Waals surface area contributed by atoms with E-state index in [1.165, 1.54) is 11.8 Å². The lowest BCUT2D eigenvalue weighted by Crippen LogP contribution is -2.12. The number of halogens is 1. The van der Waals surface area contributed by atoms with Gasteiger partial charge in [-0.3, -0.25) is 4.79 Å². The van der Waals surface area contributed by atoms with Crippen LogP contribution >= 0.6 is 23.4 Å². The molecule has 0 unspecified atom stereocenters. The van der Waals surface area contributed by atoms with Gasteiger partial charge in [0.05, 0.1) is 16.3 Å². The van der Waals surface area contributed by atoms with Crippen molar-refractivity contribution in [1.82, 2.24) is 4.98 Å². The molecule has 0 atom stereocenters. The molecule has 8 heteroatoms. The fourth-order valence-corrected chi connectivity index (χ4v) is 4.36. The van der Waals surface area contributed by atoms with Crippen LogP contribution in [0.25, 0.3) is 11.1 Å². The molecule has 0 radical (unpaired) electrons. The standard InChI is InChI=1S/C25H22ClN5OS/c1-15(2)16-7-9-17(10-8-16)23-18(13-27)24(29)31-25(19(23)14-28)33-12-11-22(32)30-21-6-4-3-5-20(21)26/h3-10,15H,11-12H2,1-2H3,(H2,29,31)(H,30,32). The highest BCUT2D eigenvalue weighted by Gasteiger charge is 2.21. The van der Waals surface area contributed by atoms with E-state index in [0.717, 1.165) is 11.1 Å². The van der Waals surface area contributed by atoms with E-state index in [1.807, 2.05) is 24.3 Å². The summed E-state index contributed by atoms with van der Waals surface area (Å²) < 4.78 is 0. The third-order valence-corrected chi connectivity index (χ3v) is 6.30. The minimum atomic E-state index is -0.208. The SMILES string of the molecule is CC(C)c1ccc(-c2c(C#N)c(N)nc(SCCC(=O)Nc3ccccc3Cl)c2C#N)cc1. The number of anilines is 2. The second kappa shape index (κ2) is 10.9. The Labute approximate surface area is 202 Å². The number of thioether (sulfide) groups is 1. The molecule has 0 aliphatic carbocycles. The lowest BCUT2D eigenvalue weighted by atomic mass is 9.94. The molecule has 0 bridgehead atoms. The van der Waals surface area contributed by atoms with E-state index in [-0.39, 0.29) is 29.3 Å². The van der Waals surface area contributed by atoms with Gasteiger partial charge in [0.2, 0.25) is 5.91 Å². The minimum Gasteiger partial charge on any atom is -0.383 e. The molecule has 0 fully saturated rings. The summed E-state index contributed by atoms with van der Waals surface area (Å²) in [6, 6.07) is 19.0. The van der Waals surface area contributed by atoms with Crippen molar-refractivity contribution in [2.75, 3.05) is 16.8 Å². The fraction of sp³-hybridized carbons (Fsp3) is 0.200. The Morgan fingerprint density at radius 1 is 1.12 bits per heavy atom. The maximum Gasteiger partial charge on any atom is 0.225 e. The Bertz CT molecular complexity index is 1260. The average molecular weight is 476 g/mol.